The fraction of sp³-hybridized carbons (Fsp3) is 1.00. The molecule has 0 aromatic carbocycles. The predicted octanol–water partition coefficient (Wildman–Crippen LogP) is 2.16. The molecule has 0 radical (unpaired) electrons. The van der Waals surface area contributed by atoms with Crippen molar-refractivity contribution in [2.45, 2.75) is 50.1 Å². The molecule has 2 fully saturated rings. The van der Waals surface area contributed by atoms with Crippen LogP contribution in [0.2, 0.25) is 18.6 Å². The summed E-state index contributed by atoms with van der Waals surface area (Å²) in [5.41, 5.74) is 0.751. The van der Waals surface area contributed by atoms with E-state index in [1.807, 2.05) is 7.11 Å². The topological polar surface area (TPSA) is 18.5 Å². The molecule has 0 aromatic heterocycles. The molecular weight excluding hydrogens is 168 g/mol. The summed E-state index contributed by atoms with van der Waals surface area (Å²) in [6.07, 6.45) is 4.93. The van der Waals surface area contributed by atoms with Crippen molar-refractivity contribution in [3.05, 3.63) is 0 Å². The first-order valence-electron chi connectivity index (χ1n) is 4.84. The molecule has 3 atom stereocenters. The highest BCUT2D eigenvalue weighted by molar-refractivity contribution is 6.72. The number of rotatable bonds is 2. The molecule has 12 heavy (non-hydrogen) atoms. The SMILES string of the molecule is CO[Si](C)(C)C1CC2CCC1O2. The molecule has 0 aromatic rings. The first kappa shape index (κ1) is 8.72. The van der Waals surface area contributed by atoms with E-state index in [4.69, 9.17) is 9.16 Å². The van der Waals surface area contributed by atoms with Gasteiger partial charge in [0.15, 0.2) is 8.32 Å². The molecule has 2 rings (SSSR count). The van der Waals surface area contributed by atoms with Gasteiger partial charge in [0.05, 0.1) is 12.2 Å². The van der Waals surface area contributed by atoms with Gasteiger partial charge in [0.25, 0.3) is 0 Å². The lowest BCUT2D eigenvalue weighted by atomic mass is 10.0. The molecule has 2 heterocycles. The first-order valence-corrected chi connectivity index (χ1v) is 7.82. The number of fused-ring (bicyclic) bond motifs is 2. The van der Waals surface area contributed by atoms with E-state index < -0.39 is 8.32 Å². The summed E-state index contributed by atoms with van der Waals surface area (Å²) in [6, 6.07) is 0. The van der Waals surface area contributed by atoms with Gasteiger partial charge < -0.3 is 9.16 Å². The molecule has 70 valence electrons. The summed E-state index contributed by atoms with van der Waals surface area (Å²) in [5.74, 6) is 0. The summed E-state index contributed by atoms with van der Waals surface area (Å²) in [5, 5.41) is 0. The van der Waals surface area contributed by atoms with Crippen LogP contribution in [-0.4, -0.2) is 27.6 Å². The Labute approximate surface area is 75.4 Å². The molecular formula is C9H18O2Si. The molecule has 0 saturated carbocycles. The van der Waals surface area contributed by atoms with Crippen molar-refractivity contribution >= 4 is 8.32 Å². The molecule has 2 nitrogen and oxygen atoms in total. The highest BCUT2D eigenvalue weighted by Gasteiger charge is 2.49. The highest BCUT2D eigenvalue weighted by atomic mass is 28.4. The van der Waals surface area contributed by atoms with Crippen LogP contribution in [0.3, 0.4) is 0 Å². The number of ether oxygens (including phenoxy) is 1. The first-order chi connectivity index (χ1) is 5.63. The summed E-state index contributed by atoms with van der Waals surface area (Å²) in [7, 11) is 0.436. The lowest BCUT2D eigenvalue weighted by Crippen LogP contribution is -2.40. The summed E-state index contributed by atoms with van der Waals surface area (Å²) < 4.78 is 11.5. The lowest BCUT2D eigenvalue weighted by molar-refractivity contribution is 0.103. The maximum Gasteiger partial charge on any atom is 0.191 e. The van der Waals surface area contributed by atoms with E-state index in [2.05, 4.69) is 13.1 Å². The minimum absolute atomic E-state index is 0.539. The van der Waals surface area contributed by atoms with Crippen LogP contribution < -0.4 is 0 Å². The maximum atomic E-state index is 5.83. The van der Waals surface area contributed by atoms with Crippen molar-refractivity contribution in [3.63, 3.8) is 0 Å². The second-order valence-electron chi connectivity index (χ2n) is 4.52. The van der Waals surface area contributed by atoms with Gasteiger partial charge in [-0.2, -0.15) is 0 Å². The summed E-state index contributed by atoms with van der Waals surface area (Å²) in [4.78, 5) is 0. The largest absolute Gasteiger partial charge is 0.420 e. The summed E-state index contributed by atoms with van der Waals surface area (Å²) >= 11 is 0. The smallest absolute Gasteiger partial charge is 0.191 e. The third kappa shape index (κ3) is 1.24. The fourth-order valence-corrected chi connectivity index (χ4v) is 4.79. The van der Waals surface area contributed by atoms with E-state index in [0.29, 0.717) is 12.2 Å². The van der Waals surface area contributed by atoms with Gasteiger partial charge in [0, 0.05) is 12.7 Å². The minimum atomic E-state index is -1.42. The van der Waals surface area contributed by atoms with Crippen LogP contribution in [0, 0.1) is 0 Å². The molecule has 2 aliphatic heterocycles. The van der Waals surface area contributed by atoms with Crippen LogP contribution >= 0.6 is 0 Å². The Balaban J connectivity index is 2.06. The molecule has 0 amide bonds. The Morgan fingerprint density at radius 3 is 2.50 bits per heavy atom. The Kier molecular flexibility index (Phi) is 2.05. The monoisotopic (exact) mass is 186 g/mol. The number of hydrogen-bond donors (Lipinski definition) is 0. The summed E-state index contributed by atoms with van der Waals surface area (Å²) in [6.45, 7) is 4.61. The van der Waals surface area contributed by atoms with Crippen molar-refractivity contribution in [2.75, 3.05) is 7.11 Å². The second-order valence-corrected chi connectivity index (χ2v) is 8.88. The molecule has 3 unspecified atom stereocenters. The van der Waals surface area contributed by atoms with Gasteiger partial charge in [-0.1, -0.05) is 0 Å². The Hall–Kier alpha value is 0.137. The average molecular weight is 186 g/mol. The maximum absolute atomic E-state index is 5.83. The van der Waals surface area contributed by atoms with Crippen molar-refractivity contribution in [3.8, 4) is 0 Å². The second kappa shape index (κ2) is 2.82. The minimum Gasteiger partial charge on any atom is -0.420 e. The van der Waals surface area contributed by atoms with Crippen LogP contribution in [0.1, 0.15) is 19.3 Å². The zero-order valence-corrected chi connectivity index (χ0v) is 9.17. The van der Waals surface area contributed by atoms with Crippen molar-refractivity contribution in [2.24, 2.45) is 0 Å². The molecule has 0 spiro atoms. The average Bonchev–Trinajstić information content (AvgIpc) is 2.64. The van der Waals surface area contributed by atoms with Gasteiger partial charge in [-0.3, -0.25) is 0 Å². The van der Waals surface area contributed by atoms with Gasteiger partial charge >= 0.3 is 0 Å². The number of hydrogen-bond acceptors (Lipinski definition) is 2. The van der Waals surface area contributed by atoms with Crippen molar-refractivity contribution in [1.82, 2.24) is 0 Å². The Morgan fingerprint density at radius 1 is 1.33 bits per heavy atom. The van der Waals surface area contributed by atoms with E-state index >= 15 is 0 Å². The third-order valence-electron chi connectivity index (χ3n) is 3.53. The predicted molar refractivity (Wildman–Crippen MR) is 50.8 cm³/mol. The van der Waals surface area contributed by atoms with Crippen LogP contribution in [0.25, 0.3) is 0 Å². The van der Waals surface area contributed by atoms with Crippen molar-refractivity contribution in [1.29, 1.82) is 0 Å². The van der Waals surface area contributed by atoms with E-state index in [1.165, 1.54) is 19.3 Å². The Morgan fingerprint density at radius 2 is 2.08 bits per heavy atom. The Bertz CT molecular complexity index is 181. The highest BCUT2D eigenvalue weighted by Crippen LogP contribution is 2.47. The molecule has 0 aliphatic carbocycles. The molecule has 2 bridgehead atoms. The van der Waals surface area contributed by atoms with Crippen LogP contribution in [0.15, 0.2) is 0 Å². The van der Waals surface area contributed by atoms with Crippen LogP contribution in [0.5, 0.6) is 0 Å². The van der Waals surface area contributed by atoms with E-state index in [0.717, 1.165) is 5.54 Å². The van der Waals surface area contributed by atoms with Gasteiger partial charge in [0.1, 0.15) is 0 Å². The zero-order valence-electron chi connectivity index (χ0n) is 8.17. The standard InChI is InChI=1S/C9H18O2Si/c1-10-12(2,3)9-6-7-4-5-8(9)11-7/h7-9H,4-6H2,1-3H3. The molecule has 2 aliphatic rings. The van der Waals surface area contributed by atoms with Crippen molar-refractivity contribution < 1.29 is 9.16 Å². The zero-order chi connectivity index (χ0) is 8.77. The van der Waals surface area contributed by atoms with Gasteiger partial charge in [-0.15, -0.1) is 0 Å². The lowest BCUT2D eigenvalue weighted by Gasteiger charge is -2.31. The van der Waals surface area contributed by atoms with Gasteiger partial charge in [0.2, 0.25) is 0 Å². The van der Waals surface area contributed by atoms with E-state index in [-0.39, 0.29) is 0 Å². The molecule has 0 N–H and O–H groups in total. The third-order valence-corrected chi connectivity index (χ3v) is 6.97. The van der Waals surface area contributed by atoms with Crippen LogP contribution in [-0.2, 0) is 9.16 Å². The van der Waals surface area contributed by atoms with E-state index in [9.17, 15) is 0 Å². The fourth-order valence-electron chi connectivity index (χ4n) is 2.52. The van der Waals surface area contributed by atoms with Gasteiger partial charge in [-0.25, -0.2) is 0 Å². The van der Waals surface area contributed by atoms with E-state index in [1.54, 1.807) is 0 Å². The molecule has 2 saturated heterocycles. The molecule has 3 heteroatoms. The quantitative estimate of drug-likeness (QED) is 0.615. The van der Waals surface area contributed by atoms with Gasteiger partial charge in [-0.05, 0) is 32.4 Å². The van der Waals surface area contributed by atoms with Crippen LogP contribution in [0.4, 0.5) is 0 Å². The normalized spacial score (nSPS) is 40.8.